The Morgan fingerprint density at radius 1 is 0.682 bits per heavy atom. The molecule has 31 heteroatoms. The second-order valence-corrected chi connectivity index (χ2v) is 23.0. The molecule has 5 rings (SSSR count). The molecule has 482 valence electrons. The Labute approximate surface area is 513 Å². The second-order valence-electron chi connectivity index (χ2n) is 20.5. The highest BCUT2D eigenvalue weighted by molar-refractivity contribution is 8.76. The number of aliphatic hydroxyl groups excluding tert-OH is 3. The van der Waals surface area contributed by atoms with Crippen LogP contribution in [-0.2, 0) is 72.0 Å². The number of benzene rings is 3. The Bertz CT molecular complexity index is 2960. The molecule has 20 N–H and O–H groups in total. The van der Waals surface area contributed by atoms with E-state index < -0.39 is 151 Å². The van der Waals surface area contributed by atoms with Crippen LogP contribution in [0.4, 0.5) is 0 Å². The number of hydrogen-bond acceptors (Lipinski definition) is 19. The number of carbonyl (C=O) groups excluding carboxylic acids is 7. The van der Waals surface area contributed by atoms with Crippen molar-refractivity contribution in [3.8, 4) is 0 Å². The lowest BCUT2D eigenvalue weighted by Gasteiger charge is -2.29. The molecular formula is C57H78N10O19S2. The number of aliphatic hydroxyl groups is 4. The van der Waals surface area contributed by atoms with E-state index in [1.165, 1.54) is 13.8 Å². The van der Waals surface area contributed by atoms with Crippen LogP contribution >= 0.6 is 21.6 Å². The Kier molecular flexibility index (Phi) is 31.6. The summed E-state index contributed by atoms with van der Waals surface area (Å²) in [6, 6.07) is 14.6. The normalized spacial score (nSPS) is 20.3. The molecule has 3 aromatic carbocycles. The average molecular weight is 1270 g/mol. The molecule has 4 aromatic rings. The maximum absolute atomic E-state index is 14.7. The minimum atomic E-state index is -2.74. The first kappa shape index (κ1) is 74.1. The van der Waals surface area contributed by atoms with E-state index in [9.17, 15) is 63.3 Å². The number of rotatable bonds is 22. The van der Waals surface area contributed by atoms with Gasteiger partial charge in [0.1, 0.15) is 36.3 Å². The standard InChI is InChI=1S/C49H66N10O10S2.C6H8O7.C2H4O2/c1-28(61)39(25-60)56-48(68)41-27-71-70-26-40(57-43(63)34(51)21-30-13-5-3-6-14-30)47(67)54-37(22-31-15-7-4-8-16-31)45(65)55-38(23-32-24-52-35-18-10-9-17-33(32)35)46(66)53-36(19-11-12-20-50)44(64)59-42(29(2)62)49(69)58-41;7-3(8)1-6(13,5(11)12)2-4(9)10;1-2(3)4/h3-10,13-18,24,28-29,34,36-42,52,60-62H,11-12,19-23,25-27,50-51H2,1-2H3,(H,53,66)(H,54,67)(H,55,65)(H,56,68)(H,57,63)(H,58,69)(H,59,64);13H,1-2H2,(H,7,8)(H,9,10)(H,11,12);1H3,(H,3,4)/t28-,29?,34-,36+,37+,38-,39-,40+,41+,42+;;/m1../s1. The number of nitrogens with two attached hydrogens (primary N) is 2. The lowest BCUT2D eigenvalue weighted by molar-refractivity contribution is -0.170. The molecule has 88 heavy (non-hydrogen) atoms. The van der Waals surface area contributed by atoms with Gasteiger partial charge in [0.25, 0.3) is 5.97 Å². The smallest absolute Gasteiger partial charge is 0.336 e. The third-order valence-corrected chi connectivity index (χ3v) is 15.6. The maximum atomic E-state index is 14.7. The van der Waals surface area contributed by atoms with Crippen LogP contribution in [0.5, 0.6) is 0 Å². The number of unbranched alkanes of at least 4 members (excludes halogenated alkanes) is 1. The molecule has 1 aliphatic rings. The zero-order chi connectivity index (χ0) is 65.7. The number of para-hydroxylation sites is 1. The summed E-state index contributed by atoms with van der Waals surface area (Å²) < 4.78 is 0. The number of carboxylic acid groups (broad SMARTS) is 4. The topological polar surface area (TPSA) is 502 Å². The molecule has 1 fully saturated rings. The fourth-order valence-electron chi connectivity index (χ4n) is 8.44. The van der Waals surface area contributed by atoms with Gasteiger partial charge in [-0.05, 0) is 68.8 Å². The molecule has 0 spiro atoms. The van der Waals surface area contributed by atoms with Crippen molar-refractivity contribution >= 4 is 97.7 Å². The van der Waals surface area contributed by atoms with Crippen molar-refractivity contribution < 1.29 is 93.6 Å². The van der Waals surface area contributed by atoms with Gasteiger partial charge in [0.15, 0.2) is 5.60 Å². The van der Waals surface area contributed by atoms with Crippen LogP contribution in [0.1, 0.15) is 69.6 Å². The summed E-state index contributed by atoms with van der Waals surface area (Å²) in [5.41, 5.74) is 12.3. The predicted molar refractivity (Wildman–Crippen MR) is 322 cm³/mol. The van der Waals surface area contributed by atoms with E-state index >= 15 is 0 Å². The number of carbonyl (C=O) groups is 11. The van der Waals surface area contributed by atoms with Crippen LogP contribution in [0.15, 0.2) is 91.1 Å². The van der Waals surface area contributed by atoms with Gasteiger partial charge in [0.05, 0.1) is 43.7 Å². The van der Waals surface area contributed by atoms with Gasteiger partial charge in [-0.25, -0.2) is 4.79 Å². The number of H-pyrrole nitrogens is 1. The first-order valence-electron chi connectivity index (χ1n) is 27.6. The van der Waals surface area contributed by atoms with Gasteiger partial charge in [-0.3, -0.25) is 47.9 Å². The van der Waals surface area contributed by atoms with Crippen LogP contribution in [0, 0.1) is 0 Å². The van der Waals surface area contributed by atoms with E-state index in [0.29, 0.717) is 24.0 Å². The van der Waals surface area contributed by atoms with Crippen molar-refractivity contribution in [1.82, 2.24) is 42.2 Å². The molecule has 0 aliphatic carbocycles. The third kappa shape index (κ3) is 25.7. The summed E-state index contributed by atoms with van der Waals surface area (Å²) in [5, 5.41) is 91.7. The van der Waals surface area contributed by atoms with Crippen molar-refractivity contribution in [2.45, 2.75) is 138 Å². The van der Waals surface area contributed by atoms with Crippen molar-refractivity contribution in [1.29, 1.82) is 0 Å². The minimum Gasteiger partial charge on any atom is -0.481 e. The highest BCUT2D eigenvalue weighted by atomic mass is 33.1. The maximum Gasteiger partial charge on any atom is 0.336 e. The van der Waals surface area contributed by atoms with E-state index in [2.05, 4.69) is 42.2 Å². The predicted octanol–water partition coefficient (Wildman–Crippen LogP) is -1.96. The highest BCUT2D eigenvalue weighted by Gasteiger charge is 2.41. The monoisotopic (exact) mass is 1270 g/mol. The first-order chi connectivity index (χ1) is 41.6. The fraction of sp³-hybridized carbons (Fsp3) is 0.456. The molecule has 7 amide bonds. The van der Waals surface area contributed by atoms with E-state index in [0.717, 1.165) is 45.0 Å². The summed E-state index contributed by atoms with van der Waals surface area (Å²) in [6.07, 6.45) is -2.44. The molecule has 0 bridgehead atoms. The summed E-state index contributed by atoms with van der Waals surface area (Å²) in [7, 11) is 2.06. The number of hydrogen-bond donors (Lipinski definition) is 18. The largest absolute Gasteiger partial charge is 0.481 e. The van der Waals surface area contributed by atoms with Crippen LogP contribution in [0.3, 0.4) is 0 Å². The molecule has 1 aliphatic heterocycles. The van der Waals surface area contributed by atoms with Crippen molar-refractivity contribution in [2.75, 3.05) is 24.7 Å². The number of amides is 7. The zero-order valence-electron chi connectivity index (χ0n) is 48.5. The van der Waals surface area contributed by atoms with Gasteiger partial charge < -0.3 is 94.5 Å². The van der Waals surface area contributed by atoms with Gasteiger partial charge >= 0.3 is 17.9 Å². The molecule has 29 nitrogen and oxygen atoms in total. The number of nitrogens with one attached hydrogen (secondary N) is 8. The Hall–Kier alpha value is -8.17. The van der Waals surface area contributed by atoms with E-state index in [1.54, 1.807) is 60.8 Å². The van der Waals surface area contributed by atoms with Crippen molar-refractivity contribution in [3.05, 3.63) is 108 Å². The summed E-state index contributed by atoms with van der Waals surface area (Å²) in [4.78, 5) is 142. The van der Waals surface area contributed by atoms with Crippen molar-refractivity contribution in [2.24, 2.45) is 11.5 Å². The Balaban J connectivity index is 0.00000104. The SMILES string of the molecule is CC(=O)O.CC(O)[C@@H]1NC(=O)[C@H](CCCCN)NC(=O)[C@@H](Cc2c[nH]c3ccccc23)NC(=O)[C@H](Cc2ccccc2)NC(=O)[C@@H](NC(=O)[C@H](N)Cc2ccccc2)CSSC[C@@H](C(=O)N[C@H](CO)[C@@H](C)O)NC1=O.O=C(O)CC(O)(CC(=O)O)C(=O)O. The number of fused-ring (bicyclic) bond motifs is 1. The summed E-state index contributed by atoms with van der Waals surface area (Å²) in [6.45, 7) is 3.31. The number of carboxylic acids is 4. The van der Waals surface area contributed by atoms with E-state index in [-0.39, 0.29) is 43.7 Å². The number of aromatic nitrogens is 1. The molecular weight excluding hydrogens is 1190 g/mol. The molecule has 1 aromatic heterocycles. The molecule has 1 unspecified atom stereocenters. The lowest BCUT2D eigenvalue weighted by Crippen LogP contribution is -2.62. The molecule has 2 heterocycles. The van der Waals surface area contributed by atoms with Gasteiger partial charge in [0, 0.05) is 48.4 Å². The van der Waals surface area contributed by atoms with Crippen LogP contribution in [0.2, 0.25) is 0 Å². The van der Waals surface area contributed by atoms with E-state index in [1.807, 2.05) is 30.3 Å². The molecule has 1 saturated heterocycles. The highest BCUT2D eigenvalue weighted by Crippen LogP contribution is 2.25. The first-order valence-corrected chi connectivity index (χ1v) is 30.1. The van der Waals surface area contributed by atoms with Gasteiger partial charge in [-0.15, -0.1) is 0 Å². The fourth-order valence-corrected chi connectivity index (χ4v) is 10.8. The van der Waals surface area contributed by atoms with Gasteiger partial charge in [-0.1, -0.05) is 100 Å². The Morgan fingerprint density at radius 3 is 1.75 bits per heavy atom. The average Bonchev–Trinajstić information content (AvgIpc) is 3.99. The lowest BCUT2D eigenvalue weighted by atomic mass is 9.96. The van der Waals surface area contributed by atoms with Gasteiger partial charge in [-0.2, -0.15) is 0 Å². The number of aliphatic carboxylic acids is 4. The number of aromatic amines is 1. The molecule has 10 atom stereocenters. The minimum absolute atomic E-state index is 0.0340. The van der Waals surface area contributed by atoms with Crippen LogP contribution in [0.25, 0.3) is 10.9 Å². The quantitative estimate of drug-likeness (QED) is 0.0300. The zero-order valence-corrected chi connectivity index (χ0v) is 50.1. The van der Waals surface area contributed by atoms with Crippen LogP contribution < -0.4 is 48.7 Å². The molecule has 0 radical (unpaired) electrons. The summed E-state index contributed by atoms with van der Waals surface area (Å²) in [5.74, 6) is -11.9. The second kappa shape index (κ2) is 37.5. The van der Waals surface area contributed by atoms with E-state index in [4.69, 9.17) is 41.8 Å². The van der Waals surface area contributed by atoms with Crippen molar-refractivity contribution in [3.63, 3.8) is 0 Å². The third-order valence-electron chi connectivity index (χ3n) is 13.1. The summed E-state index contributed by atoms with van der Waals surface area (Å²) >= 11 is 0. The Morgan fingerprint density at radius 2 is 1.20 bits per heavy atom. The van der Waals surface area contributed by atoms with Crippen LogP contribution in [-0.4, -0.2) is 202 Å². The molecule has 0 saturated carbocycles. The van der Waals surface area contributed by atoms with Gasteiger partial charge in [0.2, 0.25) is 41.4 Å².